The van der Waals surface area contributed by atoms with Crippen LogP contribution in [0.2, 0.25) is 0 Å². The second-order valence-corrected chi connectivity index (χ2v) is 26.9. The summed E-state index contributed by atoms with van der Waals surface area (Å²) in [5, 5.41) is 27.8. The predicted molar refractivity (Wildman–Crippen MR) is 356 cm³/mol. The normalized spacial score (nSPS) is 26.2. The monoisotopic (exact) mass is 1310 g/mol. The Kier molecular flexibility index (Phi) is 31.1. The lowest BCUT2D eigenvalue weighted by Gasteiger charge is -2.36. The molecule has 2 fully saturated rings. The lowest BCUT2D eigenvalue weighted by atomic mass is 9.95. The van der Waals surface area contributed by atoms with Crippen LogP contribution in [0, 0.1) is 23.7 Å². The summed E-state index contributed by atoms with van der Waals surface area (Å²) < 4.78 is 0. The number of amides is 12. The van der Waals surface area contributed by atoms with Crippen LogP contribution in [0.4, 0.5) is 0 Å². The molecular formula is C69H108N12O13. The number of hydrogen-bond acceptors (Lipinski definition) is 13. The molecule has 0 bridgehead atoms. The van der Waals surface area contributed by atoms with E-state index in [0.717, 1.165) is 24.2 Å². The van der Waals surface area contributed by atoms with Crippen LogP contribution in [-0.4, -0.2) is 227 Å². The minimum absolute atomic E-state index is 0.0560. The number of aliphatic hydroxyl groups is 1. The Labute approximate surface area is 556 Å². The number of aliphatic hydroxyl groups excluding tert-OH is 1. The fourth-order valence-corrected chi connectivity index (χ4v) is 11.8. The van der Waals surface area contributed by atoms with Gasteiger partial charge in [0.2, 0.25) is 70.9 Å². The van der Waals surface area contributed by atoms with E-state index >= 15 is 9.59 Å². The summed E-state index contributed by atoms with van der Waals surface area (Å²) in [5.74, 6) is -9.61. The van der Waals surface area contributed by atoms with Crippen LogP contribution in [-0.2, 0) is 70.4 Å². The first-order valence-corrected chi connectivity index (χ1v) is 33.4. The molecule has 12 atom stereocenters. The van der Waals surface area contributed by atoms with Crippen LogP contribution in [0.15, 0.2) is 60.7 Å². The molecule has 522 valence electrons. The number of piperidine rings is 1. The Bertz CT molecular complexity index is 2910. The fourth-order valence-electron chi connectivity index (χ4n) is 11.8. The zero-order valence-electron chi connectivity index (χ0n) is 58.4. The highest BCUT2D eigenvalue weighted by atomic mass is 16.3. The highest BCUT2D eigenvalue weighted by Crippen LogP contribution is 2.22. The summed E-state index contributed by atoms with van der Waals surface area (Å²) in [5.41, 5.74) is 1.24. The number of carbonyl (C=O) groups is 12. The molecule has 94 heavy (non-hydrogen) atoms. The molecular weight excluding hydrogens is 1200 g/mol. The number of carbonyl (C=O) groups excluding carboxylic acids is 12. The third kappa shape index (κ3) is 22.6. The van der Waals surface area contributed by atoms with Crippen LogP contribution in [0.5, 0.6) is 0 Å². The Hall–Kier alpha value is -7.96. The van der Waals surface area contributed by atoms with Crippen molar-refractivity contribution in [3.63, 3.8) is 0 Å². The van der Waals surface area contributed by atoms with E-state index in [2.05, 4.69) is 31.9 Å². The first-order chi connectivity index (χ1) is 44.2. The standard InChI is InChI=1S/C69H108N12O13/c1-17-44(8)57-69(94)77(13)46(10)61(86)70-45(9)60(85)71-52(68(93)81-34-25-20-26-35-81)40-56(84)76(12)33-27-32-55(83)78(14)53(37-42(4)5)62(87)72-50(36-41(2)3)67(92)80(16)59(43(6)7)65(90)75-58(47(11)82)64(89)73-51(38-48-28-21-18-22-29-48)66(91)79(15)54(63(88)74-57)39-49-30-23-19-24-31-49/h18-19,21-24,28-31,41-47,50-54,57-59,82H,17,20,25-27,32-40H2,1-16H3,(H,70,86)(H,71,85)(H,72,87)(H,73,89)(H,74,88)(H,75,90)/t44-,45-,46-,47+,50-,51-,52-,53-,54-,57-,58-,59-/m0/s1. The maximum absolute atomic E-state index is 15.3. The molecule has 25 heteroatoms. The molecule has 7 N–H and O–H groups in total. The van der Waals surface area contributed by atoms with E-state index < -0.39 is 156 Å². The number of rotatable bonds is 13. The minimum atomic E-state index is -1.71. The van der Waals surface area contributed by atoms with E-state index in [0.29, 0.717) is 30.6 Å². The van der Waals surface area contributed by atoms with Gasteiger partial charge >= 0.3 is 0 Å². The molecule has 0 aromatic heterocycles. The second kappa shape index (κ2) is 37.2. The second-order valence-electron chi connectivity index (χ2n) is 26.9. The molecule has 4 rings (SSSR count). The third-order valence-electron chi connectivity index (χ3n) is 18.0. The van der Waals surface area contributed by atoms with Crippen molar-refractivity contribution in [2.24, 2.45) is 23.7 Å². The molecule has 2 aliphatic heterocycles. The van der Waals surface area contributed by atoms with Gasteiger partial charge in [-0.25, -0.2) is 0 Å². The number of nitrogens with one attached hydrogen (secondary N) is 6. The molecule has 0 spiro atoms. The summed E-state index contributed by atoms with van der Waals surface area (Å²) in [4.78, 5) is 182. The zero-order valence-corrected chi connectivity index (χ0v) is 58.4. The van der Waals surface area contributed by atoms with Crippen LogP contribution in [0.3, 0.4) is 0 Å². The van der Waals surface area contributed by atoms with Gasteiger partial charge in [-0.2, -0.15) is 0 Å². The zero-order chi connectivity index (χ0) is 70.4. The minimum Gasteiger partial charge on any atom is -0.391 e. The highest BCUT2D eigenvalue weighted by Gasteiger charge is 2.42. The molecule has 0 saturated carbocycles. The van der Waals surface area contributed by atoms with E-state index in [-0.39, 0.29) is 56.9 Å². The molecule has 0 unspecified atom stereocenters. The van der Waals surface area contributed by atoms with Gasteiger partial charge < -0.3 is 66.4 Å². The largest absolute Gasteiger partial charge is 0.391 e. The van der Waals surface area contributed by atoms with E-state index in [1.54, 1.807) is 86.3 Å². The number of likely N-dealkylation sites (tertiary alicyclic amines) is 1. The van der Waals surface area contributed by atoms with Gasteiger partial charge in [0.1, 0.15) is 60.4 Å². The summed E-state index contributed by atoms with van der Waals surface area (Å²) in [7, 11) is 7.17. The van der Waals surface area contributed by atoms with E-state index in [1.807, 2.05) is 34.6 Å². The Morgan fingerprint density at radius 1 is 0.511 bits per heavy atom. The smallest absolute Gasteiger partial charge is 0.245 e. The third-order valence-corrected chi connectivity index (χ3v) is 18.0. The van der Waals surface area contributed by atoms with Crippen molar-refractivity contribution in [3.05, 3.63) is 71.8 Å². The van der Waals surface area contributed by atoms with Crippen LogP contribution in [0.25, 0.3) is 0 Å². The Morgan fingerprint density at radius 3 is 1.59 bits per heavy atom. The molecule has 25 nitrogen and oxygen atoms in total. The molecule has 0 radical (unpaired) electrons. The van der Waals surface area contributed by atoms with Crippen molar-refractivity contribution in [2.45, 2.75) is 213 Å². The number of benzene rings is 2. The van der Waals surface area contributed by atoms with E-state index in [9.17, 15) is 53.1 Å². The average molecular weight is 1310 g/mol. The first kappa shape index (κ1) is 78.5. The molecule has 2 saturated heterocycles. The summed E-state index contributed by atoms with van der Waals surface area (Å²) in [6.07, 6.45) is 0.887. The molecule has 12 amide bonds. The van der Waals surface area contributed by atoms with Gasteiger partial charge in [-0.1, -0.05) is 122 Å². The van der Waals surface area contributed by atoms with Crippen LogP contribution in [0.1, 0.15) is 145 Å². The lowest BCUT2D eigenvalue weighted by Crippen LogP contribution is -2.63. The molecule has 2 aromatic rings. The summed E-state index contributed by atoms with van der Waals surface area (Å²) >= 11 is 0. The maximum atomic E-state index is 15.3. The molecule has 0 aliphatic carbocycles. The quantitative estimate of drug-likeness (QED) is 0.152. The van der Waals surface area contributed by atoms with Crippen molar-refractivity contribution in [3.8, 4) is 0 Å². The number of hydrogen-bond donors (Lipinski definition) is 7. The summed E-state index contributed by atoms with van der Waals surface area (Å²) in [6, 6.07) is 4.40. The van der Waals surface area contributed by atoms with Gasteiger partial charge in [0.05, 0.1) is 12.5 Å². The molecule has 2 aromatic carbocycles. The van der Waals surface area contributed by atoms with Crippen LogP contribution < -0.4 is 31.9 Å². The molecule has 2 aliphatic rings. The molecule has 2 heterocycles. The van der Waals surface area contributed by atoms with E-state index in [4.69, 9.17) is 0 Å². The van der Waals surface area contributed by atoms with Gasteiger partial charge in [-0.15, -0.1) is 0 Å². The van der Waals surface area contributed by atoms with Crippen molar-refractivity contribution in [2.75, 3.05) is 54.9 Å². The van der Waals surface area contributed by atoms with Crippen LogP contribution >= 0.6 is 0 Å². The fraction of sp³-hybridized carbons (Fsp3) is 0.652. The Balaban J connectivity index is 1.85. The van der Waals surface area contributed by atoms with Crippen molar-refractivity contribution in [1.82, 2.24) is 61.3 Å². The first-order valence-electron chi connectivity index (χ1n) is 33.4. The topological polar surface area (TPSA) is 317 Å². The maximum Gasteiger partial charge on any atom is 0.245 e. The number of nitrogens with zero attached hydrogens (tertiary/aromatic N) is 6. The van der Waals surface area contributed by atoms with Gasteiger partial charge in [0, 0.05) is 74.1 Å². The predicted octanol–water partition coefficient (Wildman–Crippen LogP) is 2.56. The SMILES string of the molecule is CC[C@H](C)[C@@H]1NC(=O)[C@H](Cc2ccccc2)N(C)C(=O)[C@H](Cc2ccccc2)NC(=O)[C@H]([C@@H](C)O)NC(=O)[C@H](C(C)C)N(C)C(=O)[C@H](CC(C)C)NC(=O)[C@H](CC(C)C)N(C)C(=O)CCCN(C)C(=O)C[C@@H](C(=O)N2CCCCC2)NC(=O)[C@H](C)NC(=O)[C@H](C)N(C)C1=O. The Morgan fingerprint density at radius 2 is 1.04 bits per heavy atom. The van der Waals surface area contributed by atoms with Gasteiger partial charge in [-0.3, -0.25) is 57.5 Å². The van der Waals surface area contributed by atoms with Gasteiger partial charge in [0.25, 0.3) is 0 Å². The van der Waals surface area contributed by atoms with Gasteiger partial charge in [0.15, 0.2) is 0 Å². The number of likely N-dealkylation sites (N-methyl/N-ethyl adjacent to an activating group) is 4. The van der Waals surface area contributed by atoms with Gasteiger partial charge in [-0.05, 0) is 94.1 Å². The van der Waals surface area contributed by atoms with Crippen molar-refractivity contribution < 1.29 is 62.6 Å². The van der Waals surface area contributed by atoms with E-state index in [1.165, 1.54) is 75.6 Å². The van der Waals surface area contributed by atoms with Crippen molar-refractivity contribution in [1.29, 1.82) is 0 Å². The highest BCUT2D eigenvalue weighted by molar-refractivity contribution is 5.99. The van der Waals surface area contributed by atoms with Crippen molar-refractivity contribution >= 4 is 70.9 Å². The summed E-state index contributed by atoms with van der Waals surface area (Å²) in [6.45, 7) is 19.4. The lowest BCUT2D eigenvalue weighted by molar-refractivity contribution is -0.147. The average Bonchev–Trinajstić information content (AvgIpc) is 0.838.